The van der Waals surface area contributed by atoms with Crippen molar-refractivity contribution in [1.29, 1.82) is 0 Å². The Morgan fingerprint density at radius 2 is 1.80 bits per heavy atom. The summed E-state index contributed by atoms with van der Waals surface area (Å²) in [5.41, 5.74) is 11.3. The molecule has 2 heteroatoms. The number of hydrogen-bond donors (Lipinski definition) is 1. The van der Waals surface area contributed by atoms with E-state index < -0.39 is 0 Å². The zero-order valence-electron chi connectivity index (χ0n) is 11.6. The van der Waals surface area contributed by atoms with Crippen molar-refractivity contribution in [2.24, 2.45) is 5.73 Å². The number of nitrogens with two attached hydrogens (primary N) is 1. The van der Waals surface area contributed by atoms with Gasteiger partial charge in [-0.1, -0.05) is 41.9 Å². The molecule has 0 saturated heterocycles. The molecular formula is C18H20ClN. The maximum absolute atomic E-state index is 5.97. The molecule has 2 aromatic carbocycles. The Morgan fingerprint density at radius 1 is 1.05 bits per heavy atom. The number of fused-ring (bicyclic) bond motifs is 1. The molecule has 104 valence electrons. The average molecular weight is 286 g/mol. The zero-order valence-corrected chi connectivity index (χ0v) is 12.4. The molecule has 0 aromatic heterocycles. The normalized spacial score (nSPS) is 17.8. The van der Waals surface area contributed by atoms with Crippen molar-refractivity contribution in [1.82, 2.24) is 0 Å². The van der Waals surface area contributed by atoms with Crippen LogP contribution < -0.4 is 5.73 Å². The molecule has 1 nitrogen and oxygen atoms in total. The van der Waals surface area contributed by atoms with Crippen molar-refractivity contribution in [2.45, 2.75) is 31.6 Å². The Morgan fingerprint density at radius 3 is 2.55 bits per heavy atom. The number of rotatable bonds is 3. The lowest BCUT2D eigenvalue weighted by molar-refractivity contribution is 0.526. The number of benzene rings is 2. The van der Waals surface area contributed by atoms with Gasteiger partial charge in [0.15, 0.2) is 0 Å². The quantitative estimate of drug-likeness (QED) is 0.863. The molecule has 1 aliphatic carbocycles. The van der Waals surface area contributed by atoms with Crippen molar-refractivity contribution in [2.75, 3.05) is 6.54 Å². The lowest BCUT2D eigenvalue weighted by atomic mass is 9.80. The Labute approximate surface area is 125 Å². The van der Waals surface area contributed by atoms with Crippen molar-refractivity contribution in [3.05, 3.63) is 58.6 Å². The second-order valence-electron chi connectivity index (χ2n) is 5.59. The molecule has 0 heterocycles. The standard InChI is InChI=1S/C18H20ClN/c19-17-8-6-13(7-9-17)16-5-4-14-2-1-3-15(10-11-20)18(14)12-16/h4-9,12,15H,1-3,10-11,20H2. The molecule has 0 spiro atoms. The molecule has 0 amide bonds. The van der Waals surface area contributed by atoms with E-state index in [4.69, 9.17) is 17.3 Å². The molecule has 0 aliphatic heterocycles. The molecule has 1 atom stereocenters. The second-order valence-corrected chi connectivity index (χ2v) is 6.02. The van der Waals surface area contributed by atoms with E-state index in [1.54, 1.807) is 0 Å². The summed E-state index contributed by atoms with van der Waals surface area (Å²) in [5.74, 6) is 0.635. The summed E-state index contributed by atoms with van der Waals surface area (Å²) in [7, 11) is 0. The van der Waals surface area contributed by atoms with E-state index >= 15 is 0 Å². The molecule has 0 fully saturated rings. The van der Waals surface area contributed by atoms with Gasteiger partial charge in [-0.15, -0.1) is 0 Å². The number of halogens is 1. The second kappa shape index (κ2) is 5.99. The van der Waals surface area contributed by atoms with Crippen molar-refractivity contribution < 1.29 is 0 Å². The fraction of sp³-hybridized carbons (Fsp3) is 0.333. The van der Waals surface area contributed by atoms with Crippen LogP contribution in [0.1, 0.15) is 36.3 Å². The Balaban J connectivity index is 1.98. The molecule has 0 saturated carbocycles. The van der Waals surface area contributed by atoms with E-state index in [1.165, 1.54) is 41.5 Å². The van der Waals surface area contributed by atoms with Crippen LogP contribution in [0, 0.1) is 0 Å². The van der Waals surface area contributed by atoms with E-state index in [0.29, 0.717) is 5.92 Å². The van der Waals surface area contributed by atoms with Crippen LogP contribution in [-0.4, -0.2) is 6.54 Å². The lowest BCUT2D eigenvalue weighted by Gasteiger charge is -2.26. The minimum absolute atomic E-state index is 0.635. The smallest absolute Gasteiger partial charge is 0.0406 e. The van der Waals surface area contributed by atoms with Gasteiger partial charge in [0, 0.05) is 5.02 Å². The van der Waals surface area contributed by atoms with Gasteiger partial charge >= 0.3 is 0 Å². The fourth-order valence-electron chi connectivity index (χ4n) is 3.22. The van der Waals surface area contributed by atoms with Gasteiger partial charge in [0.1, 0.15) is 0 Å². The summed E-state index contributed by atoms with van der Waals surface area (Å²) in [6.07, 6.45) is 4.86. The Bertz CT molecular complexity index is 589. The van der Waals surface area contributed by atoms with Crippen molar-refractivity contribution in [3.8, 4) is 11.1 Å². The predicted molar refractivity (Wildman–Crippen MR) is 86.2 cm³/mol. The first-order chi connectivity index (χ1) is 9.78. The molecule has 0 bridgehead atoms. The molecular weight excluding hydrogens is 266 g/mol. The summed E-state index contributed by atoms with van der Waals surface area (Å²) < 4.78 is 0. The average Bonchev–Trinajstić information content (AvgIpc) is 2.48. The van der Waals surface area contributed by atoms with Crippen LogP contribution in [-0.2, 0) is 6.42 Å². The topological polar surface area (TPSA) is 26.0 Å². The van der Waals surface area contributed by atoms with Gasteiger partial charge in [-0.3, -0.25) is 0 Å². The van der Waals surface area contributed by atoms with Gasteiger partial charge in [0.2, 0.25) is 0 Å². The minimum atomic E-state index is 0.635. The number of aryl methyl sites for hydroxylation is 1. The van der Waals surface area contributed by atoms with Crippen LogP contribution >= 0.6 is 11.6 Å². The summed E-state index contributed by atoms with van der Waals surface area (Å²) in [4.78, 5) is 0. The highest BCUT2D eigenvalue weighted by Crippen LogP contribution is 2.36. The van der Waals surface area contributed by atoms with Crippen molar-refractivity contribution in [3.63, 3.8) is 0 Å². The van der Waals surface area contributed by atoms with Gasteiger partial charge in [-0.05, 0) is 72.5 Å². The molecule has 2 N–H and O–H groups in total. The largest absolute Gasteiger partial charge is 0.330 e. The van der Waals surface area contributed by atoms with Gasteiger partial charge in [0.05, 0.1) is 0 Å². The summed E-state index contributed by atoms with van der Waals surface area (Å²) in [6, 6.07) is 15.0. The third kappa shape index (κ3) is 2.74. The van der Waals surface area contributed by atoms with E-state index in [1.807, 2.05) is 12.1 Å². The monoisotopic (exact) mass is 285 g/mol. The van der Waals surface area contributed by atoms with E-state index in [-0.39, 0.29) is 0 Å². The SMILES string of the molecule is NCCC1CCCc2ccc(-c3ccc(Cl)cc3)cc21. The van der Waals surface area contributed by atoms with Crippen LogP contribution in [0.2, 0.25) is 5.02 Å². The van der Waals surface area contributed by atoms with Gasteiger partial charge in [-0.25, -0.2) is 0 Å². The summed E-state index contributed by atoms with van der Waals surface area (Å²) in [6.45, 7) is 0.773. The first-order valence-electron chi connectivity index (χ1n) is 7.37. The first-order valence-corrected chi connectivity index (χ1v) is 7.74. The van der Waals surface area contributed by atoms with Crippen LogP contribution in [0.4, 0.5) is 0 Å². The molecule has 1 unspecified atom stereocenters. The lowest BCUT2D eigenvalue weighted by Crippen LogP contribution is -2.14. The molecule has 20 heavy (non-hydrogen) atoms. The highest BCUT2D eigenvalue weighted by molar-refractivity contribution is 6.30. The Kier molecular flexibility index (Phi) is 4.09. The maximum atomic E-state index is 5.97. The molecule has 3 rings (SSSR count). The molecule has 0 radical (unpaired) electrons. The Hall–Kier alpha value is -1.31. The maximum Gasteiger partial charge on any atom is 0.0406 e. The van der Waals surface area contributed by atoms with Crippen molar-refractivity contribution >= 4 is 11.6 Å². The van der Waals surface area contributed by atoms with Crippen LogP contribution in [0.3, 0.4) is 0 Å². The predicted octanol–water partition coefficient (Wildman–Crippen LogP) is 4.78. The molecule has 2 aromatic rings. The first kappa shape index (κ1) is 13.7. The van der Waals surface area contributed by atoms with Crippen LogP contribution in [0.15, 0.2) is 42.5 Å². The van der Waals surface area contributed by atoms with Crippen LogP contribution in [0.5, 0.6) is 0 Å². The highest BCUT2D eigenvalue weighted by Gasteiger charge is 2.19. The minimum Gasteiger partial charge on any atom is -0.330 e. The van der Waals surface area contributed by atoms with E-state index in [0.717, 1.165) is 18.0 Å². The van der Waals surface area contributed by atoms with E-state index in [2.05, 4.69) is 30.3 Å². The molecule has 1 aliphatic rings. The number of hydrogen-bond acceptors (Lipinski definition) is 1. The van der Waals surface area contributed by atoms with E-state index in [9.17, 15) is 0 Å². The highest BCUT2D eigenvalue weighted by atomic mass is 35.5. The summed E-state index contributed by atoms with van der Waals surface area (Å²) in [5, 5.41) is 0.785. The third-order valence-corrected chi connectivity index (χ3v) is 4.53. The summed E-state index contributed by atoms with van der Waals surface area (Å²) >= 11 is 5.97. The van der Waals surface area contributed by atoms with Gasteiger partial charge < -0.3 is 5.73 Å². The fourth-order valence-corrected chi connectivity index (χ4v) is 3.35. The van der Waals surface area contributed by atoms with Gasteiger partial charge in [0.25, 0.3) is 0 Å². The third-order valence-electron chi connectivity index (χ3n) is 4.28. The van der Waals surface area contributed by atoms with Crippen LogP contribution in [0.25, 0.3) is 11.1 Å². The van der Waals surface area contributed by atoms with Gasteiger partial charge in [-0.2, -0.15) is 0 Å². The zero-order chi connectivity index (χ0) is 13.9.